The van der Waals surface area contributed by atoms with Gasteiger partial charge >= 0.3 is 5.69 Å². The summed E-state index contributed by atoms with van der Waals surface area (Å²) in [6, 6.07) is 1.96. The molecule has 112 valence electrons. The van der Waals surface area contributed by atoms with Gasteiger partial charge in [-0.15, -0.1) is 11.3 Å². The molecule has 0 unspecified atom stereocenters. The van der Waals surface area contributed by atoms with E-state index < -0.39 is 4.92 Å². The number of anilines is 2. The lowest BCUT2D eigenvalue weighted by Crippen LogP contribution is -2.21. The first-order valence-electron chi connectivity index (χ1n) is 5.86. The van der Waals surface area contributed by atoms with Crippen molar-refractivity contribution in [2.24, 2.45) is 5.84 Å². The van der Waals surface area contributed by atoms with Crippen LogP contribution in [0.25, 0.3) is 0 Å². The van der Waals surface area contributed by atoms with E-state index in [1.54, 1.807) is 30.2 Å². The topological polar surface area (TPSA) is 110 Å². The number of nitrogens with zero attached hydrogens (tertiary/aromatic N) is 4. The molecule has 0 bridgehead atoms. The number of hydrazine groups is 1. The van der Waals surface area contributed by atoms with Crippen molar-refractivity contribution < 1.29 is 4.92 Å². The van der Waals surface area contributed by atoms with Crippen LogP contribution in [0.1, 0.15) is 10.6 Å². The van der Waals surface area contributed by atoms with Crippen LogP contribution in [0.15, 0.2) is 15.9 Å². The molecule has 0 aliphatic carbocycles. The highest BCUT2D eigenvalue weighted by atomic mass is 79.9. The van der Waals surface area contributed by atoms with Gasteiger partial charge in [-0.1, -0.05) is 0 Å². The van der Waals surface area contributed by atoms with Gasteiger partial charge < -0.3 is 4.90 Å². The van der Waals surface area contributed by atoms with Gasteiger partial charge in [-0.25, -0.2) is 10.8 Å². The zero-order chi connectivity index (χ0) is 15.6. The van der Waals surface area contributed by atoms with Crippen LogP contribution in [0.5, 0.6) is 0 Å². The van der Waals surface area contributed by atoms with Gasteiger partial charge in [-0.2, -0.15) is 4.98 Å². The van der Waals surface area contributed by atoms with E-state index in [1.807, 2.05) is 11.4 Å². The van der Waals surface area contributed by atoms with E-state index in [2.05, 4.69) is 31.3 Å². The van der Waals surface area contributed by atoms with Crippen LogP contribution in [-0.2, 0) is 6.54 Å². The van der Waals surface area contributed by atoms with Crippen molar-refractivity contribution in [3.05, 3.63) is 36.6 Å². The Labute approximate surface area is 133 Å². The number of aromatic nitrogens is 2. The number of hydrogen-bond donors (Lipinski definition) is 2. The summed E-state index contributed by atoms with van der Waals surface area (Å²) >= 11 is 4.94. The maximum Gasteiger partial charge on any atom is 0.332 e. The van der Waals surface area contributed by atoms with Crippen LogP contribution in [0.2, 0.25) is 0 Å². The van der Waals surface area contributed by atoms with Crippen LogP contribution >= 0.6 is 27.3 Å². The molecule has 3 N–H and O–H groups in total. The van der Waals surface area contributed by atoms with E-state index >= 15 is 0 Å². The molecular weight excluding hydrogens is 360 g/mol. The number of aryl methyl sites for hydroxylation is 1. The summed E-state index contributed by atoms with van der Waals surface area (Å²) in [7, 11) is 1.74. The lowest BCUT2D eigenvalue weighted by Gasteiger charge is -2.18. The van der Waals surface area contributed by atoms with Gasteiger partial charge in [0.05, 0.1) is 11.5 Å². The molecule has 0 saturated carbocycles. The van der Waals surface area contributed by atoms with Crippen LogP contribution in [-0.4, -0.2) is 21.9 Å². The van der Waals surface area contributed by atoms with Crippen LogP contribution in [0.4, 0.5) is 17.5 Å². The third kappa shape index (κ3) is 3.46. The minimum absolute atomic E-state index is 0.118. The molecule has 2 aromatic heterocycles. The Kier molecular flexibility index (Phi) is 4.70. The zero-order valence-corrected chi connectivity index (χ0v) is 13.7. The lowest BCUT2D eigenvalue weighted by molar-refractivity contribution is -0.385. The van der Waals surface area contributed by atoms with E-state index in [0.717, 1.165) is 9.35 Å². The summed E-state index contributed by atoms with van der Waals surface area (Å²) in [6.45, 7) is 2.05. The second-order valence-corrected chi connectivity index (χ2v) is 6.21. The average molecular weight is 373 g/mol. The highest BCUT2D eigenvalue weighted by Gasteiger charge is 2.25. The standard InChI is InChI=1S/C11H13BrN6O2S/c1-6-9(18(19)20)10(15-11(14-6)16-13)17(2)4-8-3-7(12)5-21-8/h3,5H,4,13H2,1-2H3,(H,14,15,16). The maximum atomic E-state index is 11.2. The minimum atomic E-state index is -0.480. The molecule has 0 aliphatic rings. The summed E-state index contributed by atoms with van der Waals surface area (Å²) < 4.78 is 0.980. The second kappa shape index (κ2) is 6.33. The van der Waals surface area contributed by atoms with Crippen molar-refractivity contribution >= 4 is 44.7 Å². The maximum absolute atomic E-state index is 11.2. The summed E-state index contributed by atoms with van der Waals surface area (Å²) in [5.41, 5.74) is 2.46. The van der Waals surface area contributed by atoms with Crippen molar-refractivity contribution in [1.82, 2.24) is 9.97 Å². The number of nitrogen functional groups attached to an aromatic ring is 1. The fourth-order valence-corrected chi connectivity index (χ4v) is 3.35. The number of nitro groups is 1. The van der Waals surface area contributed by atoms with Crippen LogP contribution in [0.3, 0.4) is 0 Å². The molecule has 0 atom stereocenters. The lowest BCUT2D eigenvalue weighted by atomic mass is 10.3. The number of hydrogen-bond acceptors (Lipinski definition) is 8. The van der Waals surface area contributed by atoms with Gasteiger partial charge in [0.15, 0.2) is 0 Å². The Balaban J connectivity index is 2.40. The van der Waals surface area contributed by atoms with E-state index in [1.165, 1.54) is 0 Å². The van der Waals surface area contributed by atoms with E-state index in [0.29, 0.717) is 6.54 Å². The van der Waals surface area contributed by atoms with Crippen LogP contribution < -0.4 is 16.2 Å². The van der Waals surface area contributed by atoms with Crippen molar-refractivity contribution in [3.63, 3.8) is 0 Å². The van der Waals surface area contributed by atoms with Crippen LogP contribution in [0, 0.1) is 17.0 Å². The summed E-state index contributed by atoms with van der Waals surface area (Å²) in [4.78, 5) is 21.6. The molecule has 0 amide bonds. The molecule has 21 heavy (non-hydrogen) atoms. The Morgan fingerprint density at radius 2 is 2.29 bits per heavy atom. The Hall–Kier alpha value is -1.78. The molecule has 2 aromatic rings. The van der Waals surface area contributed by atoms with Crippen molar-refractivity contribution in [2.45, 2.75) is 13.5 Å². The Morgan fingerprint density at radius 1 is 1.57 bits per heavy atom. The smallest absolute Gasteiger partial charge is 0.332 e. The highest BCUT2D eigenvalue weighted by molar-refractivity contribution is 9.10. The molecule has 0 aliphatic heterocycles. The Morgan fingerprint density at radius 3 is 2.81 bits per heavy atom. The van der Waals surface area contributed by atoms with Gasteiger partial charge in [0.1, 0.15) is 5.69 Å². The van der Waals surface area contributed by atoms with Gasteiger partial charge in [0, 0.05) is 21.8 Å². The normalized spacial score (nSPS) is 10.5. The molecule has 0 spiro atoms. The molecular formula is C11H13BrN6O2S. The zero-order valence-electron chi connectivity index (χ0n) is 11.3. The molecule has 8 nitrogen and oxygen atoms in total. The quantitative estimate of drug-likeness (QED) is 0.471. The predicted octanol–water partition coefficient (Wildman–Crippen LogP) is 2.44. The van der Waals surface area contributed by atoms with E-state index in [4.69, 9.17) is 5.84 Å². The number of nitrogens with one attached hydrogen (secondary N) is 1. The third-order valence-corrected chi connectivity index (χ3v) is 4.41. The predicted molar refractivity (Wildman–Crippen MR) is 85.4 cm³/mol. The minimum Gasteiger partial charge on any atom is -0.349 e. The molecule has 0 aromatic carbocycles. The number of thiophene rings is 1. The molecule has 0 fully saturated rings. The molecule has 2 rings (SSSR count). The number of rotatable bonds is 5. The molecule has 10 heteroatoms. The summed E-state index contributed by atoms with van der Waals surface area (Å²) in [5, 5.41) is 13.2. The van der Waals surface area contributed by atoms with E-state index in [-0.39, 0.29) is 23.1 Å². The monoisotopic (exact) mass is 372 g/mol. The third-order valence-electron chi connectivity index (χ3n) is 2.73. The van der Waals surface area contributed by atoms with Crippen molar-refractivity contribution in [2.75, 3.05) is 17.4 Å². The van der Waals surface area contributed by atoms with Gasteiger partial charge in [-0.05, 0) is 28.9 Å². The molecule has 2 heterocycles. The highest BCUT2D eigenvalue weighted by Crippen LogP contribution is 2.31. The summed E-state index contributed by atoms with van der Waals surface area (Å²) in [6.07, 6.45) is 0. The second-order valence-electron chi connectivity index (χ2n) is 4.29. The fourth-order valence-electron chi connectivity index (χ4n) is 1.84. The number of nitrogens with two attached hydrogens (primary N) is 1. The average Bonchev–Trinajstić information content (AvgIpc) is 2.82. The fraction of sp³-hybridized carbons (Fsp3) is 0.273. The van der Waals surface area contributed by atoms with Gasteiger partial charge in [-0.3, -0.25) is 15.5 Å². The largest absolute Gasteiger partial charge is 0.349 e. The van der Waals surface area contributed by atoms with Gasteiger partial charge in [0.25, 0.3) is 0 Å². The van der Waals surface area contributed by atoms with E-state index in [9.17, 15) is 10.1 Å². The first kappa shape index (κ1) is 15.6. The first-order chi connectivity index (χ1) is 9.92. The molecule has 0 radical (unpaired) electrons. The van der Waals surface area contributed by atoms with Crippen molar-refractivity contribution in [1.29, 1.82) is 0 Å². The number of halogens is 1. The Bertz CT molecular complexity index is 677. The summed E-state index contributed by atoms with van der Waals surface area (Å²) in [5.74, 6) is 5.67. The van der Waals surface area contributed by atoms with Gasteiger partial charge in [0.2, 0.25) is 11.8 Å². The SMILES string of the molecule is Cc1nc(NN)nc(N(C)Cc2cc(Br)cs2)c1[N+](=O)[O-]. The first-order valence-corrected chi connectivity index (χ1v) is 7.53. The van der Waals surface area contributed by atoms with Crippen molar-refractivity contribution in [3.8, 4) is 0 Å². The molecule has 0 saturated heterocycles.